The van der Waals surface area contributed by atoms with Gasteiger partial charge in [-0.05, 0) is 37.0 Å². The number of amidine groups is 1. The lowest BCUT2D eigenvalue weighted by molar-refractivity contribution is 0.0654. The zero-order valence-electron chi connectivity index (χ0n) is 15.0. The number of benzene rings is 1. The molecule has 3 rings (SSSR count). The van der Waals surface area contributed by atoms with Crippen LogP contribution in [0.2, 0.25) is 0 Å². The molecule has 1 aromatic carbocycles. The molecule has 1 heterocycles. The number of aryl methyl sites for hydroxylation is 1. The van der Waals surface area contributed by atoms with Crippen molar-refractivity contribution in [3.63, 3.8) is 0 Å². The Morgan fingerprint density at radius 3 is 2.36 bits per heavy atom. The maximum Gasteiger partial charge on any atom is 0.283 e. The minimum Gasteiger partial charge on any atom is -0.378 e. The molecule has 1 saturated heterocycles. The van der Waals surface area contributed by atoms with E-state index in [0.29, 0.717) is 13.2 Å². The van der Waals surface area contributed by atoms with Crippen molar-refractivity contribution in [2.75, 3.05) is 26.3 Å². The van der Waals surface area contributed by atoms with E-state index < -0.39 is 10.0 Å². The Labute approximate surface area is 151 Å². The van der Waals surface area contributed by atoms with Gasteiger partial charge in [0, 0.05) is 19.0 Å². The molecule has 0 radical (unpaired) electrons. The molecule has 5 nitrogen and oxygen atoms in total. The van der Waals surface area contributed by atoms with Crippen LogP contribution in [0.5, 0.6) is 0 Å². The van der Waals surface area contributed by atoms with Gasteiger partial charge in [-0.3, -0.25) is 0 Å². The first-order chi connectivity index (χ1) is 12.1. The Hall–Kier alpha value is -1.40. The Bertz CT molecular complexity index is 666. The van der Waals surface area contributed by atoms with E-state index in [1.54, 1.807) is 12.1 Å². The largest absolute Gasteiger partial charge is 0.378 e. The van der Waals surface area contributed by atoms with Crippen LogP contribution >= 0.6 is 0 Å². The highest BCUT2D eigenvalue weighted by molar-refractivity contribution is 7.90. The standard InChI is InChI=1S/C19H28N2O3S/c1-2-16-8-10-18(11-9-16)25(22,23)20-19(17-6-4-3-5-7-17)21-12-14-24-15-13-21/h8-11,17H,2-7,12-15H2,1H3/b20-19-. The van der Waals surface area contributed by atoms with Gasteiger partial charge in [0.15, 0.2) is 0 Å². The highest BCUT2D eigenvalue weighted by atomic mass is 32.2. The average molecular weight is 365 g/mol. The second-order valence-electron chi connectivity index (χ2n) is 6.86. The lowest BCUT2D eigenvalue weighted by Gasteiger charge is -2.35. The quantitative estimate of drug-likeness (QED) is 0.608. The zero-order valence-corrected chi connectivity index (χ0v) is 15.8. The fraction of sp³-hybridized carbons (Fsp3) is 0.632. The molecule has 6 heteroatoms. The van der Waals surface area contributed by atoms with Gasteiger partial charge in [0.05, 0.1) is 18.1 Å². The van der Waals surface area contributed by atoms with Crippen LogP contribution in [0.3, 0.4) is 0 Å². The van der Waals surface area contributed by atoms with Gasteiger partial charge in [-0.2, -0.15) is 8.42 Å². The molecular formula is C19H28N2O3S. The summed E-state index contributed by atoms with van der Waals surface area (Å²) in [6.07, 6.45) is 6.49. The molecule has 2 fully saturated rings. The van der Waals surface area contributed by atoms with Gasteiger partial charge < -0.3 is 9.64 Å². The molecule has 1 saturated carbocycles. The van der Waals surface area contributed by atoms with E-state index in [2.05, 4.69) is 16.2 Å². The van der Waals surface area contributed by atoms with Crippen molar-refractivity contribution in [2.24, 2.45) is 10.3 Å². The number of hydrogen-bond acceptors (Lipinski definition) is 3. The molecule has 2 aliphatic rings. The molecule has 138 valence electrons. The minimum atomic E-state index is -3.68. The number of morpholine rings is 1. The molecule has 0 bridgehead atoms. The molecule has 0 aromatic heterocycles. The third kappa shape index (κ3) is 4.61. The molecule has 25 heavy (non-hydrogen) atoms. The summed E-state index contributed by atoms with van der Waals surface area (Å²) in [6.45, 7) is 4.77. The van der Waals surface area contributed by atoms with Crippen molar-refractivity contribution in [3.05, 3.63) is 29.8 Å². The van der Waals surface area contributed by atoms with Crippen LogP contribution in [0, 0.1) is 5.92 Å². The van der Waals surface area contributed by atoms with E-state index >= 15 is 0 Å². The van der Waals surface area contributed by atoms with Crippen LogP contribution in [-0.2, 0) is 21.2 Å². The number of nitrogens with zero attached hydrogens (tertiary/aromatic N) is 2. The zero-order chi connectivity index (χ0) is 17.7. The summed E-state index contributed by atoms with van der Waals surface area (Å²) in [6, 6.07) is 7.10. The first-order valence-electron chi connectivity index (χ1n) is 9.36. The van der Waals surface area contributed by atoms with E-state index in [4.69, 9.17) is 4.74 Å². The normalized spacial score (nSPS) is 20.7. The Morgan fingerprint density at radius 1 is 1.12 bits per heavy atom. The van der Waals surface area contributed by atoms with Crippen LogP contribution in [0.1, 0.15) is 44.6 Å². The van der Waals surface area contributed by atoms with Crippen LogP contribution in [0.15, 0.2) is 33.6 Å². The van der Waals surface area contributed by atoms with Crippen molar-refractivity contribution in [2.45, 2.75) is 50.3 Å². The molecule has 0 amide bonds. The Balaban J connectivity index is 1.91. The van der Waals surface area contributed by atoms with Gasteiger partial charge in [0.25, 0.3) is 10.0 Å². The molecule has 1 aromatic rings. The van der Waals surface area contributed by atoms with Gasteiger partial charge in [-0.1, -0.05) is 38.3 Å². The van der Waals surface area contributed by atoms with E-state index in [0.717, 1.165) is 56.6 Å². The predicted octanol–water partition coefficient (Wildman–Crippen LogP) is 3.25. The topological polar surface area (TPSA) is 59.0 Å². The third-order valence-electron chi connectivity index (χ3n) is 5.15. The highest BCUT2D eigenvalue weighted by Crippen LogP contribution is 2.28. The van der Waals surface area contributed by atoms with Crippen molar-refractivity contribution in [1.82, 2.24) is 4.90 Å². The highest BCUT2D eigenvalue weighted by Gasteiger charge is 2.28. The van der Waals surface area contributed by atoms with Crippen molar-refractivity contribution in [3.8, 4) is 0 Å². The molecule has 0 atom stereocenters. The summed E-state index contributed by atoms with van der Waals surface area (Å²) in [5.74, 6) is 0.999. The molecule has 1 aliphatic heterocycles. The molecule has 0 spiro atoms. The number of hydrogen-bond donors (Lipinski definition) is 0. The Morgan fingerprint density at radius 2 is 1.76 bits per heavy atom. The van der Waals surface area contributed by atoms with Crippen molar-refractivity contribution in [1.29, 1.82) is 0 Å². The van der Waals surface area contributed by atoms with Crippen LogP contribution < -0.4 is 0 Å². The molecule has 0 N–H and O–H groups in total. The SMILES string of the molecule is CCc1ccc(S(=O)(=O)/N=C(/C2CCCCC2)N2CCOCC2)cc1. The maximum absolute atomic E-state index is 12.9. The van der Waals surface area contributed by atoms with Gasteiger partial charge >= 0.3 is 0 Å². The van der Waals surface area contributed by atoms with Gasteiger partial charge in [-0.15, -0.1) is 4.40 Å². The molecule has 0 unspecified atom stereocenters. The fourth-order valence-corrected chi connectivity index (χ4v) is 4.71. The molecule has 1 aliphatic carbocycles. The van der Waals surface area contributed by atoms with E-state index in [1.165, 1.54) is 6.42 Å². The summed E-state index contributed by atoms with van der Waals surface area (Å²) in [5, 5.41) is 0. The fourth-order valence-electron chi connectivity index (χ4n) is 3.62. The first-order valence-corrected chi connectivity index (χ1v) is 10.8. The third-order valence-corrected chi connectivity index (χ3v) is 6.44. The van der Waals surface area contributed by atoms with Gasteiger partial charge in [0.1, 0.15) is 5.84 Å². The molecular weight excluding hydrogens is 336 g/mol. The summed E-state index contributed by atoms with van der Waals surface area (Å²) in [7, 11) is -3.68. The summed E-state index contributed by atoms with van der Waals surface area (Å²) in [5.41, 5.74) is 1.13. The summed E-state index contributed by atoms with van der Waals surface area (Å²) >= 11 is 0. The van der Waals surface area contributed by atoms with Crippen molar-refractivity contribution < 1.29 is 13.2 Å². The van der Waals surface area contributed by atoms with E-state index in [1.807, 2.05) is 12.1 Å². The maximum atomic E-state index is 12.9. The van der Waals surface area contributed by atoms with E-state index in [-0.39, 0.29) is 10.8 Å². The first kappa shape index (κ1) is 18.4. The van der Waals surface area contributed by atoms with Gasteiger partial charge in [0.2, 0.25) is 0 Å². The second-order valence-corrected chi connectivity index (χ2v) is 8.46. The Kier molecular flexibility index (Phi) is 6.12. The lowest BCUT2D eigenvalue weighted by atomic mass is 9.88. The average Bonchev–Trinajstić information content (AvgIpc) is 2.67. The van der Waals surface area contributed by atoms with Crippen LogP contribution in [0.25, 0.3) is 0 Å². The lowest BCUT2D eigenvalue weighted by Crippen LogP contribution is -2.44. The number of sulfonamides is 1. The summed E-state index contributed by atoms with van der Waals surface area (Å²) < 4.78 is 35.5. The number of ether oxygens (including phenoxy) is 1. The van der Waals surface area contributed by atoms with Crippen LogP contribution in [-0.4, -0.2) is 45.5 Å². The number of rotatable bonds is 4. The smallest absolute Gasteiger partial charge is 0.283 e. The van der Waals surface area contributed by atoms with E-state index in [9.17, 15) is 8.42 Å². The predicted molar refractivity (Wildman–Crippen MR) is 99.4 cm³/mol. The van der Waals surface area contributed by atoms with Gasteiger partial charge in [-0.25, -0.2) is 0 Å². The monoisotopic (exact) mass is 364 g/mol. The minimum absolute atomic E-state index is 0.247. The van der Waals surface area contributed by atoms with Crippen molar-refractivity contribution >= 4 is 15.9 Å². The van der Waals surface area contributed by atoms with Crippen LogP contribution in [0.4, 0.5) is 0 Å². The second kappa shape index (κ2) is 8.32. The summed E-state index contributed by atoms with van der Waals surface area (Å²) in [4.78, 5) is 2.41.